The summed E-state index contributed by atoms with van der Waals surface area (Å²) < 4.78 is 19.2. The summed E-state index contributed by atoms with van der Waals surface area (Å²) in [5, 5.41) is 3.70. The van der Waals surface area contributed by atoms with E-state index in [2.05, 4.69) is 27.2 Å². The van der Waals surface area contributed by atoms with Gasteiger partial charge in [-0.15, -0.1) is 0 Å². The second-order valence-corrected chi connectivity index (χ2v) is 9.25. The Balaban J connectivity index is 1.42. The van der Waals surface area contributed by atoms with Crippen molar-refractivity contribution in [2.45, 2.75) is 19.0 Å². The highest BCUT2D eigenvalue weighted by Crippen LogP contribution is 2.39. The number of carbonyl (C=O) groups excluding carboxylic acids is 1. The van der Waals surface area contributed by atoms with E-state index < -0.39 is 0 Å². The third-order valence-electron chi connectivity index (χ3n) is 6.80. The average molecular weight is 480 g/mol. The molecular formula is C27H27ClFN3O2. The lowest BCUT2D eigenvalue weighted by molar-refractivity contribution is -0.126. The topological polar surface area (TPSA) is 44.8 Å². The van der Waals surface area contributed by atoms with Crippen LogP contribution in [0, 0.1) is 11.7 Å². The van der Waals surface area contributed by atoms with E-state index >= 15 is 0 Å². The van der Waals surface area contributed by atoms with Crippen molar-refractivity contribution < 1.29 is 13.9 Å². The van der Waals surface area contributed by atoms with Crippen LogP contribution < -0.4 is 19.9 Å². The first-order chi connectivity index (χ1) is 16.5. The number of carbonyl (C=O) groups is 1. The van der Waals surface area contributed by atoms with E-state index in [1.807, 2.05) is 36.4 Å². The summed E-state index contributed by atoms with van der Waals surface area (Å²) in [6.07, 6.45) is 0.660. The number of nitrogens with one attached hydrogen (secondary N) is 1. The molecule has 7 heteroatoms. The second kappa shape index (κ2) is 9.55. The maximum atomic E-state index is 13.6. The minimum absolute atomic E-state index is 0.0140. The molecule has 1 amide bonds. The normalized spacial score (nSPS) is 19.3. The summed E-state index contributed by atoms with van der Waals surface area (Å²) in [7, 11) is 1.66. The standard InChI is InChI=1S/C27H27ClFN3O2/c1-34-26-10-9-20(28)15-24(26)31-11-12-32-23-8-3-2-6-19(23)14-22(25(32)17-31)27(33)30-16-18-5-4-7-21(29)13-18/h2-10,13,15,22,25H,11-12,14,16-17H2,1H3,(H,30,33). The van der Waals surface area contributed by atoms with E-state index in [4.69, 9.17) is 16.3 Å². The molecule has 5 nitrogen and oxygen atoms in total. The number of halogens is 2. The molecule has 0 bridgehead atoms. The Bertz CT molecular complexity index is 1200. The molecule has 2 atom stereocenters. The van der Waals surface area contributed by atoms with Gasteiger partial charge >= 0.3 is 0 Å². The van der Waals surface area contributed by atoms with Crippen molar-refractivity contribution >= 4 is 28.9 Å². The van der Waals surface area contributed by atoms with Crippen LogP contribution in [0.1, 0.15) is 11.1 Å². The summed E-state index contributed by atoms with van der Waals surface area (Å²) in [5.74, 6) is 0.203. The van der Waals surface area contributed by atoms with Crippen LogP contribution in [-0.2, 0) is 17.8 Å². The third kappa shape index (κ3) is 4.42. The number of piperazine rings is 1. The van der Waals surface area contributed by atoms with E-state index in [1.165, 1.54) is 23.4 Å². The molecule has 0 radical (unpaired) electrons. The quantitative estimate of drug-likeness (QED) is 0.577. The molecule has 1 N–H and O–H groups in total. The van der Waals surface area contributed by atoms with Gasteiger partial charge < -0.3 is 19.9 Å². The summed E-state index contributed by atoms with van der Waals surface area (Å²) >= 11 is 6.30. The lowest BCUT2D eigenvalue weighted by Gasteiger charge is -2.49. The van der Waals surface area contributed by atoms with Crippen molar-refractivity contribution in [3.63, 3.8) is 0 Å². The largest absolute Gasteiger partial charge is 0.495 e. The van der Waals surface area contributed by atoms with E-state index in [-0.39, 0.29) is 23.7 Å². The Kier molecular flexibility index (Phi) is 6.33. The van der Waals surface area contributed by atoms with Crippen LogP contribution in [0.15, 0.2) is 66.7 Å². The predicted molar refractivity (Wildman–Crippen MR) is 133 cm³/mol. The molecule has 3 aromatic rings. The smallest absolute Gasteiger partial charge is 0.225 e. The Hall–Kier alpha value is -3.25. The van der Waals surface area contributed by atoms with Gasteiger partial charge in [0.05, 0.1) is 24.8 Å². The number of benzene rings is 3. The number of nitrogens with zero attached hydrogens (tertiary/aromatic N) is 2. The molecule has 5 rings (SSSR count). The van der Waals surface area contributed by atoms with E-state index in [0.717, 1.165) is 30.1 Å². The first-order valence-corrected chi connectivity index (χ1v) is 11.9. The number of fused-ring (bicyclic) bond motifs is 3. The van der Waals surface area contributed by atoms with Crippen molar-refractivity contribution in [3.05, 3.63) is 88.7 Å². The monoisotopic (exact) mass is 479 g/mol. The molecule has 3 aromatic carbocycles. The zero-order chi connectivity index (χ0) is 23.7. The number of amides is 1. The summed E-state index contributed by atoms with van der Waals surface area (Å²) in [6.45, 7) is 2.54. The zero-order valence-corrected chi connectivity index (χ0v) is 19.8. The van der Waals surface area contributed by atoms with E-state index in [9.17, 15) is 9.18 Å². The third-order valence-corrected chi connectivity index (χ3v) is 7.03. The van der Waals surface area contributed by atoms with Crippen LogP contribution in [-0.4, -0.2) is 38.7 Å². The lowest BCUT2D eigenvalue weighted by atomic mass is 9.83. The van der Waals surface area contributed by atoms with Gasteiger partial charge in [0, 0.05) is 36.9 Å². The molecule has 0 spiro atoms. The lowest BCUT2D eigenvalue weighted by Crippen LogP contribution is -2.61. The van der Waals surface area contributed by atoms with Gasteiger partial charge in [0.25, 0.3) is 0 Å². The van der Waals surface area contributed by atoms with Gasteiger partial charge in [-0.25, -0.2) is 4.39 Å². The van der Waals surface area contributed by atoms with Gasteiger partial charge in [-0.1, -0.05) is 41.9 Å². The minimum Gasteiger partial charge on any atom is -0.495 e. The van der Waals surface area contributed by atoms with Gasteiger partial charge in [0.2, 0.25) is 5.91 Å². The highest BCUT2D eigenvalue weighted by molar-refractivity contribution is 6.31. The summed E-state index contributed by atoms with van der Waals surface area (Å²) in [4.78, 5) is 18.1. The minimum atomic E-state index is -0.303. The number of hydrogen-bond acceptors (Lipinski definition) is 4. The molecule has 2 unspecified atom stereocenters. The Morgan fingerprint density at radius 2 is 1.94 bits per heavy atom. The molecule has 1 saturated heterocycles. The molecule has 34 heavy (non-hydrogen) atoms. The van der Waals surface area contributed by atoms with Crippen molar-refractivity contribution in [1.29, 1.82) is 0 Å². The maximum absolute atomic E-state index is 13.6. The number of hydrogen-bond donors (Lipinski definition) is 1. The molecule has 176 valence electrons. The highest BCUT2D eigenvalue weighted by Gasteiger charge is 2.41. The Labute approximate surface area is 204 Å². The SMILES string of the molecule is COc1ccc(Cl)cc1N1CCN2c3ccccc3CC(C(=O)NCc3cccc(F)c3)C2C1. The van der Waals surface area contributed by atoms with Crippen molar-refractivity contribution in [2.75, 3.05) is 36.5 Å². The fourth-order valence-electron chi connectivity index (χ4n) is 5.15. The first-order valence-electron chi connectivity index (χ1n) is 11.5. The number of para-hydroxylation sites is 1. The van der Waals surface area contributed by atoms with E-state index in [1.54, 1.807) is 13.2 Å². The predicted octanol–water partition coefficient (Wildman–Crippen LogP) is 4.67. The Morgan fingerprint density at radius 1 is 1.09 bits per heavy atom. The number of anilines is 2. The van der Waals surface area contributed by atoms with Crippen LogP contribution in [0.3, 0.4) is 0 Å². The second-order valence-electron chi connectivity index (χ2n) is 8.81. The molecule has 0 aromatic heterocycles. The molecule has 0 aliphatic carbocycles. The Morgan fingerprint density at radius 3 is 2.76 bits per heavy atom. The van der Waals surface area contributed by atoms with Crippen molar-refractivity contribution in [3.8, 4) is 5.75 Å². The summed E-state index contributed by atoms with van der Waals surface area (Å²) in [5.41, 5.74) is 4.06. The van der Waals surface area contributed by atoms with Crippen molar-refractivity contribution in [1.82, 2.24) is 5.32 Å². The number of methoxy groups -OCH3 is 1. The van der Waals surface area contributed by atoms with Gasteiger partial charge in [-0.2, -0.15) is 0 Å². The fraction of sp³-hybridized carbons (Fsp3) is 0.296. The van der Waals surface area contributed by atoms with E-state index in [0.29, 0.717) is 24.5 Å². The van der Waals surface area contributed by atoms with Gasteiger partial charge in [-0.3, -0.25) is 4.79 Å². The molecule has 0 saturated carbocycles. The number of rotatable bonds is 5. The van der Waals surface area contributed by atoms with Crippen LogP contribution in [0.2, 0.25) is 5.02 Å². The van der Waals surface area contributed by atoms with Crippen LogP contribution >= 0.6 is 11.6 Å². The molecular weight excluding hydrogens is 453 g/mol. The van der Waals surface area contributed by atoms with Gasteiger partial charge in [0.1, 0.15) is 11.6 Å². The zero-order valence-electron chi connectivity index (χ0n) is 19.0. The molecule has 2 aliphatic rings. The highest BCUT2D eigenvalue weighted by atomic mass is 35.5. The maximum Gasteiger partial charge on any atom is 0.225 e. The molecule has 1 fully saturated rings. The van der Waals surface area contributed by atoms with Gasteiger partial charge in [0.15, 0.2) is 0 Å². The number of ether oxygens (including phenoxy) is 1. The molecule has 2 aliphatic heterocycles. The summed E-state index contributed by atoms with van der Waals surface area (Å²) in [6, 6.07) is 20.3. The van der Waals surface area contributed by atoms with Crippen LogP contribution in [0.5, 0.6) is 5.75 Å². The van der Waals surface area contributed by atoms with Gasteiger partial charge in [-0.05, 0) is 53.9 Å². The van der Waals surface area contributed by atoms with Crippen molar-refractivity contribution in [2.24, 2.45) is 5.92 Å². The average Bonchev–Trinajstić information content (AvgIpc) is 2.86. The first kappa shape index (κ1) is 22.5. The molecule has 2 heterocycles. The fourth-order valence-corrected chi connectivity index (χ4v) is 5.32. The van der Waals surface area contributed by atoms with Crippen LogP contribution in [0.25, 0.3) is 0 Å². The van der Waals surface area contributed by atoms with Crippen LogP contribution in [0.4, 0.5) is 15.8 Å².